The molecule has 3 rings (SSSR count). The Morgan fingerprint density at radius 1 is 1.13 bits per heavy atom. The van der Waals surface area contributed by atoms with E-state index in [4.69, 9.17) is 23.2 Å². The molecule has 8 atom stereocenters. The first-order valence-electron chi connectivity index (χ1n) is 5.40. The number of nitroso groups, excluding NO2 is 1. The van der Waals surface area contributed by atoms with Gasteiger partial charge in [0.25, 0.3) is 0 Å². The van der Waals surface area contributed by atoms with Crippen LogP contribution in [0.15, 0.2) is 5.18 Å². The molecule has 0 heterocycles. The number of halogens is 3. The van der Waals surface area contributed by atoms with Crippen LogP contribution in [0.1, 0.15) is 12.8 Å². The summed E-state index contributed by atoms with van der Waals surface area (Å²) >= 11 is 16.2. The predicted octanol–water partition coefficient (Wildman–Crippen LogP) is 3.39. The molecule has 3 aliphatic rings. The highest BCUT2D eigenvalue weighted by atomic mass is 79.9. The Kier molecular flexibility index (Phi) is 2.57. The molecule has 0 N–H and O–H groups in total. The molecular weight excluding hydrogens is 301 g/mol. The van der Waals surface area contributed by atoms with Crippen LogP contribution >= 0.6 is 39.1 Å². The minimum Gasteiger partial charge on any atom is -0.150 e. The maximum absolute atomic E-state index is 10.8. The highest BCUT2D eigenvalue weighted by Crippen LogP contribution is 2.63. The lowest BCUT2D eigenvalue weighted by molar-refractivity contribution is 0.245. The van der Waals surface area contributed by atoms with Gasteiger partial charge in [-0.25, -0.2) is 0 Å². The Morgan fingerprint density at radius 2 is 1.87 bits per heavy atom. The lowest BCUT2D eigenvalue weighted by Gasteiger charge is -2.32. The van der Waals surface area contributed by atoms with E-state index in [1.807, 2.05) is 0 Å². The SMILES string of the molecule is O=N[C@@H]1[C@H](Br)[C@@H]2C[C@@H]1[C@H]1[C@@H](Cl)[C@@H](Cl)C[C@H]21. The lowest BCUT2D eigenvalue weighted by Crippen LogP contribution is -2.38. The first-order valence-corrected chi connectivity index (χ1v) is 7.18. The van der Waals surface area contributed by atoms with Crippen LogP contribution in [0.3, 0.4) is 0 Å². The van der Waals surface area contributed by atoms with Crippen LogP contribution in [-0.2, 0) is 0 Å². The van der Waals surface area contributed by atoms with Crippen LogP contribution in [0.25, 0.3) is 0 Å². The van der Waals surface area contributed by atoms with Gasteiger partial charge in [-0.05, 0) is 36.5 Å². The molecule has 0 aromatic rings. The molecule has 3 fully saturated rings. The standard InChI is InChI=1S/C10H12BrCl2NO/c11-8-4-1-5(10(8)14-15)7-3(4)2-6(12)9(7)13/h3-10H,1-2H2/t3-,4-,5-,6+,7+,8-,9+,10+/m1/s1. The zero-order valence-corrected chi connectivity index (χ0v) is 11.1. The number of rotatable bonds is 1. The van der Waals surface area contributed by atoms with Crippen molar-refractivity contribution in [2.24, 2.45) is 28.8 Å². The second-order valence-electron chi connectivity index (χ2n) is 5.04. The first-order chi connectivity index (χ1) is 7.15. The van der Waals surface area contributed by atoms with Crippen LogP contribution in [0.2, 0.25) is 0 Å². The molecule has 0 aromatic carbocycles. The van der Waals surface area contributed by atoms with E-state index in [2.05, 4.69) is 21.1 Å². The van der Waals surface area contributed by atoms with Gasteiger partial charge in [0.05, 0.1) is 10.8 Å². The minimum absolute atomic E-state index is 0.0379. The molecule has 5 heteroatoms. The maximum atomic E-state index is 10.8. The van der Waals surface area contributed by atoms with Gasteiger partial charge in [0.1, 0.15) is 6.04 Å². The molecule has 0 saturated heterocycles. The molecule has 15 heavy (non-hydrogen) atoms. The topological polar surface area (TPSA) is 29.4 Å². The molecule has 0 spiro atoms. The van der Waals surface area contributed by atoms with Crippen molar-refractivity contribution in [1.29, 1.82) is 0 Å². The van der Waals surface area contributed by atoms with Crippen LogP contribution < -0.4 is 0 Å². The van der Waals surface area contributed by atoms with E-state index in [1.54, 1.807) is 0 Å². The zero-order valence-electron chi connectivity index (χ0n) is 8.02. The highest BCUT2D eigenvalue weighted by Gasteiger charge is 2.63. The van der Waals surface area contributed by atoms with Gasteiger partial charge < -0.3 is 0 Å². The van der Waals surface area contributed by atoms with E-state index in [1.165, 1.54) is 0 Å². The number of alkyl halides is 3. The monoisotopic (exact) mass is 311 g/mol. The number of fused-ring (bicyclic) bond motifs is 5. The molecule has 3 aliphatic carbocycles. The third-order valence-corrected chi connectivity index (χ3v) is 6.98. The molecule has 2 nitrogen and oxygen atoms in total. The summed E-state index contributed by atoms with van der Waals surface area (Å²) in [6, 6.07) is -0.0838. The average molecular weight is 313 g/mol. The fourth-order valence-corrected chi connectivity index (χ4v) is 5.99. The van der Waals surface area contributed by atoms with E-state index in [-0.39, 0.29) is 21.6 Å². The average Bonchev–Trinajstić information content (AvgIpc) is 2.79. The molecule has 0 unspecified atom stereocenters. The zero-order chi connectivity index (χ0) is 10.7. The minimum atomic E-state index is -0.0838. The Morgan fingerprint density at radius 3 is 2.53 bits per heavy atom. The molecule has 0 aliphatic heterocycles. The summed E-state index contributed by atoms with van der Waals surface area (Å²) in [6.07, 6.45) is 2.11. The number of nitrogens with zero attached hydrogens (tertiary/aromatic N) is 1. The summed E-state index contributed by atoms with van der Waals surface area (Å²) in [5.41, 5.74) is 0. The molecule has 0 radical (unpaired) electrons. The van der Waals surface area contributed by atoms with Gasteiger partial charge in [0, 0.05) is 4.83 Å². The molecule has 84 valence electrons. The second-order valence-corrected chi connectivity index (χ2v) is 7.16. The largest absolute Gasteiger partial charge is 0.150 e. The van der Waals surface area contributed by atoms with Gasteiger partial charge in [-0.1, -0.05) is 21.1 Å². The summed E-state index contributed by atoms with van der Waals surface area (Å²) in [6.45, 7) is 0. The Labute approximate surface area is 107 Å². The van der Waals surface area contributed by atoms with Crippen molar-refractivity contribution in [2.45, 2.75) is 34.5 Å². The van der Waals surface area contributed by atoms with Crippen molar-refractivity contribution in [3.8, 4) is 0 Å². The summed E-state index contributed by atoms with van der Waals surface area (Å²) in [5, 5.41) is 3.39. The lowest BCUT2D eigenvalue weighted by atomic mass is 9.79. The predicted molar refractivity (Wildman–Crippen MR) is 64.8 cm³/mol. The number of hydrogen-bond acceptors (Lipinski definition) is 2. The van der Waals surface area contributed by atoms with E-state index in [0.29, 0.717) is 23.7 Å². The van der Waals surface area contributed by atoms with Crippen molar-refractivity contribution in [3.63, 3.8) is 0 Å². The summed E-state index contributed by atoms with van der Waals surface area (Å²) in [5.74, 6) is 1.97. The van der Waals surface area contributed by atoms with E-state index < -0.39 is 0 Å². The van der Waals surface area contributed by atoms with E-state index >= 15 is 0 Å². The number of hydrogen-bond donors (Lipinski definition) is 0. The van der Waals surface area contributed by atoms with Crippen LogP contribution in [0.4, 0.5) is 0 Å². The van der Waals surface area contributed by atoms with Crippen molar-refractivity contribution in [3.05, 3.63) is 4.91 Å². The third kappa shape index (κ3) is 1.29. The van der Waals surface area contributed by atoms with E-state index in [9.17, 15) is 4.91 Å². The molecular formula is C10H12BrCl2NO. The van der Waals surface area contributed by atoms with Gasteiger partial charge in [0.2, 0.25) is 0 Å². The third-order valence-electron chi connectivity index (χ3n) is 4.59. The normalized spacial score (nSPS) is 62.1. The van der Waals surface area contributed by atoms with Gasteiger partial charge in [-0.3, -0.25) is 0 Å². The fraction of sp³-hybridized carbons (Fsp3) is 1.00. The van der Waals surface area contributed by atoms with Gasteiger partial charge in [0.15, 0.2) is 0 Å². The van der Waals surface area contributed by atoms with Gasteiger partial charge in [-0.15, -0.1) is 23.2 Å². The van der Waals surface area contributed by atoms with E-state index in [0.717, 1.165) is 12.8 Å². The first kappa shape index (κ1) is 10.8. The second kappa shape index (κ2) is 3.58. The molecule has 3 saturated carbocycles. The summed E-state index contributed by atoms with van der Waals surface area (Å²) < 4.78 is 0. The van der Waals surface area contributed by atoms with Crippen molar-refractivity contribution in [1.82, 2.24) is 0 Å². The quantitative estimate of drug-likeness (QED) is 0.539. The Balaban J connectivity index is 1.92. The smallest absolute Gasteiger partial charge is 0.108 e. The van der Waals surface area contributed by atoms with Crippen molar-refractivity contribution in [2.75, 3.05) is 0 Å². The Hall–Kier alpha value is 0.660. The van der Waals surface area contributed by atoms with Gasteiger partial charge >= 0.3 is 0 Å². The molecule has 0 aromatic heterocycles. The fourth-order valence-electron chi connectivity index (χ4n) is 4.04. The maximum Gasteiger partial charge on any atom is 0.108 e. The highest BCUT2D eigenvalue weighted by molar-refractivity contribution is 9.09. The van der Waals surface area contributed by atoms with Crippen molar-refractivity contribution >= 4 is 39.1 Å². The molecule has 2 bridgehead atoms. The summed E-state index contributed by atoms with van der Waals surface area (Å²) in [4.78, 5) is 11.1. The molecule has 0 amide bonds. The van der Waals surface area contributed by atoms with Crippen molar-refractivity contribution < 1.29 is 0 Å². The van der Waals surface area contributed by atoms with Crippen LogP contribution in [0.5, 0.6) is 0 Å². The Bertz CT molecular complexity index is 303. The van der Waals surface area contributed by atoms with Crippen LogP contribution in [0, 0.1) is 28.6 Å². The van der Waals surface area contributed by atoms with Crippen LogP contribution in [-0.4, -0.2) is 21.6 Å². The summed E-state index contributed by atoms with van der Waals surface area (Å²) in [7, 11) is 0. The van der Waals surface area contributed by atoms with Gasteiger partial charge in [-0.2, -0.15) is 4.91 Å².